The Morgan fingerprint density at radius 3 is 2.54 bits per heavy atom. The van der Waals surface area contributed by atoms with Gasteiger partial charge < -0.3 is 10.6 Å². The summed E-state index contributed by atoms with van der Waals surface area (Å²) in [5.41, 5.74) is 1.84. The zero-order valence-corrected chi connectivity index (χ0v) is 13.8. The molecule has 0 saturated carbocycles. The van der Waals surface area contributed by atoms with Gasteiger partial charge in [-0.1, -0.05) is 18.2 Å². The Morgan fingerprint density at radius 1 is 0.958 bits per heavy atom. The van der Waals surface area contributed by atoms with Crippen molar-refractivity contribution in [2.75, 3.05) is 10.6 Å². The lowest BCUT2D eigenvalue weighted by Crippen LogP contribution is -2.14. The van der Waals surface area contributed by atoms with Crippen molar-refractivity contribution in [3.63, 3.8) is 0 Å². The predicted octanol–water partition coefficient (Wildman–Crippen LogP) is 3.96. The summed E-state index contributed by atoms with van der Waals surface area (Å²) in [5, 5.41) is 7.38. The third-order valence-corrected chi connectivity index (χ3v) is 4.13. The molecule has 24 heavy (non-hydrogen) atoms. The van der Waals surface area contributed by atoms with Gasteiger partial charge in [0.05, 0.1) is 4.88 Å². The molecule has 120 valence electrons. The average Bonchev–Trinajstić information content (AvgIpc) is 3.10. The Morgan fingerprint density at radius 2 is 1.79 bits per heavy atom. The first kappa shape index (κ1) is 15.9. The molecule has 0 aliphatic rings. The van der Waals surface area contributed by atoms with Crippen molar-refractivity contribution in [3.05, 3.63) is 76.1 Å². The molecule has 0 spiro atoms. The Balaban J connectivity index is 1.72. The van der Waals surface area contributed by atoms with Crippen LogP contribution in [0.25, 0.3) is 0 Å². The van der Waals surface area contributed by atoms with Crippen LogP contribution in [0.1, 0.15) is 25.7 Å². The SMILES string of the molecule is Cc1cccc(NC(=O)c2cccc(NC(=O)c3cccs3)c2)n1. The molecule has 3 rings (SSSR count). The van der Waals surface area contributed by atoms with E-state index in [9.17, 15) is 9.59 Å². The van der Waals surface area contributed by atoms with Crippen LogP contribution in [0.3, 0.4) is 0 Å². The molecule has 0 saturated heterocycles. The van der Waals surface area contributed by atoms with Gasteiger partial charge in [0.2, 0.25) is 0 Å². The first-order chi connectivity index (χ1) is 11.6. The monoisotopic (exact) mass is 337 g/mol. The minimum Gasteiger partial charge on any atom is -0.321 e. The minimum absolute atomic E-state index is 0.192. The van der Waals surface area contributed by atoms with Gasteiger partial charge in [-0.3, -0.25) is 9.59 Å². The molecule has 0 bridgehead atoms. The van der Waals surface area contributed by atoms with Crippen LogP contribution in [0.5, 0.6) is 0 Å². The number of aromatic nitrogens is 1. The van der Waals surface area contributed by atoms with Crippen LogP contribution in [-0.4, -0.2) is 16.8 Å². The van der Waals surface area contributed by atoms with E-state index in [0.717, 1.165) is 5.69 Å². The van der Waals surface area contributed by atoms with E-state index in [1.54, 1.807) is 36.4 Å². The van der Waals surface area contributed by atoms with Gasteiger partial charge in [-0.2, -0.15) is 0 Å². The number of hydrogen-bond acceptors (Lipinski definition) is 4. The van der Waals surface area contributed by atoms with Gasteiger partial charge >= 0.3 is 0 Å². The largest absolute Gasteiger partial charge is 0.321 e. The zero-order valence-electron chi connectivity index (χ0n) is 12.9. The number of pyridine rings is 1. The molecular formula is C18H15N3O2S. The highest BCUT2D eigenvalue weighted by Crippen LogP contribution is 2.16. The summed E-state index contributed by atoms with van der Waals surface area (Å²) in [4.78, 5) is 29.3. The number of aryl methyl sites for hydroxylation is 1. The Bertz CT molecular complexity index is 875. The van der Waals surface area contributed by atoms with Crippen molar-refractivity contribution in [3.8, 4) is 0 Å². The molecule has 0 unspecified atom stereocenters. The van der Waals surface area contributed by atoms with Crippen molar-refractivity contribution in [1.29, 1.82) is 0 Å². The summed E-state index contributed by atoms with van der Waals surface area (Å²) in [6.07, 6.45) is 0. The number of hydrogen-bond donors (Lipinski definition) is 2. The lowest BCUT2D eigenvalue weighted by Gasteiger charge is -2.08. The van der Waals surface area contributed by atoms with Crippen molar-refractivity contribution < 1.29 is 9.59 Å². The highest BCUT2D eigenvalue weighted by Gasteiger charge is 2.10. The number of nitrogens with one attached hydrogen (secondary N) is 2. The maximum absolute atomic E-state index is 12.3. The second kappa shape index (κ2) is 7.06. The van der Waals surface area contributed by atoms with Crippen LogP contribution in [-0.2, 0) is 0 Å². The molecule has 0 aliphatic carbocycles. The minimum atomic E-state index is -0.277. The van der Waals surface area contributed by atoms with E-state index >= 15 is 0 Å². The van der Waals surface area contributed by atoms with E-state index in [4.69, 9.17) is 0 Å². The van der Waals surface area contributed by atoms with Gasteiger partial charge in [0.15, 0.2) is 0 Å². The van der Waals surface area contributed by atoms with E-state index in [1.165, 1.54) is 11.3 Å². The number of carbonyl (C=O) groups excluding carboxylic acids is 2. The third kappa shape index (κ3) is 3.85. The normalized spacial score (nSPS) is 10.2. The molecule has 0 atom stereocenters. The second-order valence-corrected chi connectivity index (χ2v) is 6.08. The quantitative estimate of drug-likeness (QED) is 0.757. The number of rotatable bonds is 4. The Hall–Kier alpha value is -2.99. The molecule has 2 N–H and O–H groups in total. The lowest BCUT2D eigenvalue weighted by atomic mass is 10.2. The number of benzene rings is 1. The standard InChI is InChI=1S/C18H15N3O2S/c1-12-5-2-9-16(19-12)21-17(22)13-6-3-7-14(11-13)20-18(23)15-8-4-10-24-15/h2-11H,1H3,(H,20,23)(H,19,21,22). The van der Waals surface area contributed by atoms with Crippen molar-refractivity contribution in [1.82, 2.24) is 4.98 Å². The molecule has 0 aliphatic heterocycles. The summed E-state index contributed by atoms with van der Waals surface area (Å²) >= 11 is 1.36. The molecule has 6 heteroatoms. The highest BCUT2D eigenvalue weighted by molar-refractivity contribution is 7.12. The molecule has 0 fully saturated rings. The van der Waals surface area contributed by atoms with Gasteiger partial charge in [-0.25, -0.2) is 4.98 Å². The first-order valence-electron chi connectivity index (χ1n) is 7.32. The van der Waals surface area contributed by atoms with Gasteiger partial charge in [0, 0.05) is 16.9 Å². The van der Waals surface area contributed by atoms with Crippen LogP contribution in [0.4, 0.5) is 11.5 Å². The molecule has 2 aromatic heterocycles. The van der Waals surface area contributed by atoms with Crippen LogP contribution in [0.2, 0.25) is 0 Å². The van der Waals surface area contributed by atoms with Crippen molar-refractivity contribution in [2.24, 2.45) is 0 Å². The van der Waals surface area contributed by atoms with Crippen molar-refractivity contribution >= 4 is 34.7 Å². The van der Waals surface area contributed by atoms with Gasteiger partial charge in [0.1, 0.15) is 5.82 Å². The molecule has 1 aromatic carbocycles. The van der Waals surface area contributed by atoms with Gasteiger partial charge in [-0.15, -0.1) is 11.3 Å². The third-order valence-electron chi connectivity index (χ3n) is 3.26. The van der Waals surface area contributed by atoms with E-state index < -0.39 is 0 Å². The summed E-state index contributed by atoms with van der Waals surface area (Å²) in [6.45, 7) is 1.86. The summed E-state index contributed by atoms with van der Waals surface area (Å²) in [5.74, 6) is 0.0243. The summed E-state index contributed by atoms with van der Waals surface area (Å²) < 4.78 is 0. The Labute approximate surface area is 143 Å². The zero-order chi connectivity index (χ0) is 16.9. The van der Waals surface area contributed by atoms with Gasteiger partial charge in [-0.05, 0) is 48.7 Å². The van der Waals surface area contributed by atoms with Crippen LogP contribution < -0.4 is 10.6 Å². The van der Waals surface area contributed by atoms with E-state index in [1.807, 2.05) is 30.5 Å². The molecule has 5 nitrogen and oxygen atoms in total. The number of carbonyl (C=O) groups is 2. The topological polar surface area (TPSA) is 71.1 Å². The van der Waals surface area contributed by atoms with Crippen LogP contribution >= 0.6 is 11.3 Å². The molecule has 3 aromatic rings. The fourth-order valence-electron chi connectivity index (χ4n) is 2.14. The second-order valence-electron chi connectivity index (χ2n) is 5.13. The lowest BCUT2D eigenvalue weighted by molar-refractivity contribution is 0.101. The fraction of sp³-hybridized carbons (Fsp3) is 0.0556. The molecule has 2 heterocycles. The maximum atomic E-state index is 12.3. The predicted molar refractivity (Wildman–Crippen MR) is 95.6 cm³/mol. The number of nitrogens with zero attached hydrogens (tertiary/aromatic N) is 1. The smallest absolute Gasteiger partial charge is 0.265 e. The van der Waals surface area contributed by atoms with Crippen LogP contribution in [0, 0.1) is 6.92 Å². The average molecular weight is 337 g/mol. The van der Waals surface area contributed by atoms with Crippen molar-refractivity contribution in [2.45, 2.75) is 6.92 Å². The maximum Gasteiger partial charge on any atom is 0.265 e. The Kier molecular flexibility index (Phi) is 4.67. The van der Waals surface area contributed by atoms with Gasteiger partial charge in [0.25, 0.3) is 11.8 Å². The summed E-state index contributed by atoms with van der Waals surface area (Å²) in [6, 6.07) is 15.8. The first-order valence-corrected chi connectivity index (χ1v) is 8.20. The number of amides is 2. The van der Waals surface area contributed by atoms with E-state index in [-0.39, 0.29) is 11.8 Å². The number of anilines is 2. The van der Waals surface area contributed by atoms with E-state index in [2.05, 4.69) is 15.6 Å². The molecule has 0 radical (unpaired) electrons. The van der Waals surface area contributed by atoms with E-state index in [0.29, 0.717) is 21.9 Å². The molecule has 2 amide bonds. The summed E-state index contributed by atoms with van der Waals surface area (Å²) in [7, 11) is 0. The highest BCUT2D eigenvalue weighted by atomic mass is 32.1. The van der Waals surface area contributed by atoms with Crippen LogP contribution in [0.15, 0.2) is 60.0 Å². The fourth-order valence-corrected chi connectivity index (χ4v) is 2.76. The number of thiophene rings is 1. The molecular weight excluding hydrogens is 322 g/mol.